The number of aryl methyl sites for hydroxylation is 1. The topological polar surface area (TPSA) is 30.0 Å². The summed E-state index contributed by atoms with van der Waals surface area (Å²) in [5.41, 5.74) is 1.33. The molecule has 2 rings (SSSR count). The predicted octanol–water partition coefficient (Wildman–Crippen LogP) is 2.96. The molecule has 1 aliphatic rings. The Morgan fingerprint density at radius 2 is 2.21 bits per heavy atom. The van der Waals surface area contributed by atoms with Crippen LogP contribution in [0.25, 0.3) is 0 Å². The van der Waals surface area contributed by atoms with Gasteiger partial charge in [0, 0.05) is 17.2 Å². The van der Waals surface area contributed by atoms with Crippen LogP contribution >= 0.6 is 11.3 Å². The van der Waals surface area contributed by atoms with Crippen molar-refractivity contribution in [3.8, 4) is 0 Å². The highest BCUT2D eigenvalue weighted by atomic mass is 32.1. The first-order chi connectivity index (χ1) is 6.50. The van der Waals surface area contributed by atoms with Crippen molar-refractivity contribution in [2.45, 2.75) is 45.4 Å². The number of nitrogens with zero attached hydrogens (tertiary/aromatic N) is 1. The Bertz CT molecular complexity index is 379. The lowest BCUT2D eigenvalue weighted by Crippen LogP contribution is -2.23. The van der Waals surface area contributed by atoms with Crippen LogP contribution in [0.15, 0.2) is 0 Å². The summed E-state index contributed by atoms with van der Waals surface area (Å²) in [5.74, 6) is 0.0974. The SMILES string of the molecule is CC(=O)c1nc2c(s1)CCCC2(C)C. The minimum atomic E-state index is 0.0974. The molecule has 0 bridgehead atoms. The number of aromatic nitrogens is 1. The van der Waals surface area contributed by atoms with Crippen LogP contribution in [-0.2, 0) is 11.8 Å². The summed E-state index contributed by atoms with van der Waals surface area (Å²) < 4.78 is 0. The minimum Gasteiger partial charge on any atom is -0.292 e. The Kier molecular flexibility index (Phi) is 2.22. The summed E-state index contributed by atoms with van der Waals surface area (Å²) >= 11 is 1.59. The van der Waals surface area contributed by atoms with Gasteiger partial charge in [0.15, 0.2) is 10.8 Å². The van der Waals surface area contributed by atoms with Crippen molar-refractivity contribution in [3.05, 3.63) is 15.6 Å². The van der Waals surface area contributed by atoms with E-state index in [0.29, 0.717) is 5.01 Å². The number of ketones is 1. The third-order valence-corrected chi connectivity index (χ3v) is 4.06. The van der Waals surface area contributed by atoms with Crippen LogP contribution in [0.5, 0.6) is 0 Å². The number of fused-ring (bicyclic) bond motifs is 1. The first-order valence-electron chi connectivity index (χ1n) is 5.02. The van der Waals surface area contributed by atoms with Crippen molar-refractivity contribution < 1.29 is 4.79 Å². The van der Waals surface area contributed by atoms with Crippen molar-refractivity contribution in [3.63, 3.8) is 0 Å². The molecule has 0 fully saturated rings. The largest absolute Gasteiger partial charge is 0.292 e. The molecule has 0 spiro atoms. The van der Waals surface area contributed by atoms with Crippen LogP contribution in [0.2, 0.25) is 0 Å². The molecule has 0 atom stereocenters. The van der Waals surface area contributed by atoms with Crippen LogP contribution in [0.1, 0.15) is 54.0 Å². The summed E-state index contributed by atoms with van der Waals surface area (Å²) in [5, 5.41) is 0.685. The highest BCUT2D eigenvalue weighted by Crippen LogP contribution is 2.38. The maximum absolute atomic E-state index is 11.2. The third kappa shape index (κ3) is 1.50. The van der Waals surface area contributed by atoms with Gasteiger partial charge in [0.2, 0.25) is 0 Å². The fourth-order valence-corrected chi connectivity index (χ4v) is 3.19. The van der Waals surface area contributed by atoms with Gasteiger partial charge in [0.1, 0.15) is 0 Å². The Labute approximate surface area is 88.4 Å². The Hall–Kier alpha value is -0.700. The molecule has 1 aliphatic carbocycles. The van der Waals surface area contributed by atoms with E-state index in [9.17, 15) is 4.79 Å². The lowest BCUT2D eigenvalue weighted by atomic mass is 9.79. The maximum atomic E-state index is 11.2. The average molecular weight is 209 g/mol. The smallest absolute Gasteiger partial charge is 0.188 e. The minimum absolute atomic E-state index is 0.0974. The van der Waals surface area contributed by atoms with E-state index in [0.717, 1.165) is 6.42 Å². The summed E-state index contributed by atoms with van der Waals surface area (Å²) in [4.78, 5) is 17.0. The highest BCUT2D eigenvalue weighted by molar-refractivity contribution is 7.13. The Morgan fingerprint density at radius 1 is 1.50 bits per heavy atom. The molecule has 1 heterocycles. The molecule has 1 aromatic rings. The van der Waals surface area contributed by atoms with Crippen molar-refractivity contribution in [2.24, 2.45) is 0 Å². The van der Waals surface area contributed by atoms with Gasteiger partial charge in [0.25, 0.3) is 0 Å². The van der Waals surface area contributed by atoms with Gasteiger partial charge in [-0.15, -0.1) is 11.3 Å². The molecule has 0 aliphatic heterocycles. The number of carbonyl (C=O) groups is 1. The summed E-state index contributed by atoms with van der Waals surface area (Å²) in [6.45, 7) is 6.03. The standard InChI is InChI=1S/C11H15NOS/c1-7(13)10-12-9-8(14-10)5-4-6-11(9,2)3/h4-6H2,1-3H3. The second-order valence-corrected chi connectivity index (χ2v) is 5.67. The van der Waals surface area contributed by atoms with E-state index in [-0.39, 0.29) is 11.2 Å². The van der Waals surface area contributed by atoms with E-state index in [4.69, 9.17) is 0 Å². The molecule has 76 valence electrons. The van der Waals surface area contributed by atoms with Gasteiger partial charge >= 0.3 is 0 Å². The molecule has 0 amide bonds. The van der Waals surface area contributed by atoms with Gasteiger partial charge < -0.3 is 0 Å². The van der Waals surface area contributed by atoms with Crippen LogP contribution in [-0.4, -0.2) is 10.8 Å². The predicted molar refractivity (Wildman–Crippen MR) is 58.1 cm³/mol. The Morgan fingerprint density at radius 3 is 2.79 bits per heavy atom. The zero-order valence-corrected chi connectivity index (χ0v) is 9.70. The van der Waals surface area contributed by atoms with Gasteiger partial charge in [-0.2, -0.15) is 0 Å². The molecule has 0 unspecified atom stereocenters. The van der Waals surface area contributed by atoms with Gasteiger partial charge in [-0.05, 0) is 19.3 Å². The molecule has 0 saturated heterocycles. The van der Waals surface area contributed by atoms with Crippen molar-refractivity contribution in [1.82, 2.24) is 4.98 Å². The van der Waals surface area contributed by atoms with Crippen molar-refractivity contribution in [2.75, 3.05) is 0 Å². The van der Waals surface area contributed by atoms with Gasteiger partial charge in [-0.3, -0.25) is 4.79 Å². The number of hydrogen-bond donors (Lipinski definition) is 0. The van der Waals surface area contributed by atoms with E-state index in [1.54, 1.807) is 18.3 Å². The summed E-state index contributed by atoms with van der Waals surface area (Å²) in [6, 6.07) is 0. The number of Topliss-reactive ketones (excluding diaryl/α,β-unsaturated/α-hetero) is 1. The average Bonchev–Trinajstić information content (AvgIpc) is 2.48. The second-order valence-electron chi connectivity index (χ2n) is 4.58. The fourth-order valence-electron chi connectivity index (χ4n) is 2.01. The molecular weight excluding hydrogens is 194 g/mol. The van der Waals surface area contributed by atoms with E-state index in [1.165, 1.54) is 23.4 Å². The zero-order chi connectivity index (χ0) is 10.3. The molecule has 1 aromatic heterocycles. The highest BCUT2D eigenvalue weighted by Gasteiger charge is 2.31. The normalized spacial score (nSPS) is 19.1. The maximum Gasteiger partial charge on any atom is 0.188 e. The zero-order valence-electron chi connectivity index (χ0n) is 8.89. The van der Waals surface area contributed by atoms with Gasteiger partial charge in [-0.1, -0.05) is 13.8 Å². The number of hydrogen-bond acceptors (Lipinski definition) is 3. The molecule has 3 heteroatoms. The van der Waals surface area contributed by atoms with Gasteiger partial charge in [-0.25, -0.2) is 4.98 Å². The van der Waals surface area contributed by atoms with E-state index in [1.807, 2.05) is 0 Å². The lowest BCUT2D eigenvalue weighted by molar-refractivity contribution is 0.101. The van der Waals surface area contributed by atoms with Crippen LogP contribution < -0.4 is 0 Å². The van der Waals surface area contributed by atoms with E-state index < -0.39 is 0 Å². The first-order valence-corrected chi connectivity index (χ1v) is 5.83. The molecule has 0 saturated carbocycles. The van der Waals surface area contributed by atoms with Crippen LogP contribution in [0, 0.1) is 0 Å². The third-order valence-electron chi connectivity index (χ3n) is 2.85. The summed E-state index contributed by atoms with van der Waals surface area (Å²) in [7, 11) is 0. The quantitative estimate of drug-likeness (QED) is 0.666. The monoisotopic (exact) mass is 209 g/mol. The second kappa shape index (κ2) is 3.16. The molecule has 0 radical (unpaired) electrons. The first kappa shape index (κ1) is 9.84. The van der Waals surface area contributed by atoms with Crippen LogP contribution in [0.3, 0.4) is 0 Å². The number of rotatable bonds is 1. The summed E-state index contributed by atoms with van der Waals surface area (Å²) in [6.07, 6.45) is 3.50. The molecule has 2 nitrogen and oxygen atoms in total. The fraction of sp³-hybridized carbons (Fsp3) is 0.636. The molecule has 0 aromatic carbocycles. The Balaban J connectivity index is 2.49. The van der Waals surface area contributed by atoms with Crippen LogP contribution in [0.4, 0.5) is 0 Å². The molecule has 14 heavy (non-hydrogen) atoms. The number of carbonyl (C=O) groups excluding carboxylic acids is 1. The van der Waals surface area contributed by atoms with Gasteiger partial charge in [0.05, 0.1) is 5.69 Å². The van der Waals surface area contributed by atoms with E-state index >= 15 is 0 Å². The number of thiazole rings is 1. The van der Waals surface area contributed by atoms with Crippen molar-refractivity contribution in [1.29, 1.82) is 0 Å². The lowest BCUT2D eigenvalue weighted by Gasteiger charge is -2.27. The molecule has 0 N–H and O–H groups in total. The molecular formula is C11H15NOS. The van der Waals surface area contributed by atoms with Crippen molar-refractivity contribution >= 4 is 17.1 Å². The van der Waals surface area contributed by atoms with E-state index in [2.05, 4.69) is 18.8 Å².